The van der Waals surface area contributed by atoms with Gasteiger partial charge < -0.3 is 19.5 Å². The van der Waals surface area contributed by atoms with E-state index in [-0.39, 0.29) is 0 Å². The third-order valence-electron chi connectivity index (χ3n) is 4.50. The maximum absolute atomic E-state index is 5.82. The molecule has 4 rings (SSSR count). The van der Waals surface area contributed by atoms with E-state index in [1.54, 1.807) is 7.11 Å². The Morgan fingerprint density at radius 1 is 1.07 bits per heavy atom. The van der Waals surface area contributed by atoms with Gasteiger partial charge in [0.25, 0.3) is 0 Å². The van der Waals surface area contributed by atoms with Gasteiger partial charge in [0, 0.05) is 43.0 Å². The molecule has 0 saturated heterocycles. The summed E-state index contributed by atoms with van der Waals surface area (Å²) in [6, 6.07) is 13.9. The largest absolute Gasteiger partial charge is 0.497 e. The molecule has 6 nitrogen and oxygen atoms in total. The van der Waals surface area contributed by atoms with Gasteiger partial charge in [0.15, 0.2) is 11.5 Å². The van der Waals surface area contributed by atoms with Gasteiger partial charge >= 0.3 is 0 Å². The normalized spacial score (nSPS) is 13.1. The smallest absolute Gasteiger partial charge is 0.161 e. The molecule has 0 saturated carbocycles. The zero-order valence-corrected chi connectivity index (χ0v) is 15.6. The molecular weight excluding hydrogens is 342 g/mol. The number of anilines is 1. The first-order valence-electron chi connectivity index (χ1n) is 9.03. The molecule has 3 aromatic rings. The van der Waals surface area contributed by atoms with Crippen molar-refractivity contribution < 1.29 is 14.2 Å². The molecule has 140 valence electrons. The minimum atomic E-state index is 0.671. The van der Waals surface area contributed by atoms with Crippen molar-refractivity contribution in [3.63, 3.8) is 0 Å². The standard InChI is InChI=1S/C21H23N3O3/c1-24-14-16(13-22-17-5-7-18(25-2)8-6-17)21(23-24)15-4-9-19-20(12-15)27-11-3-10-26-19/h4-9,12,14,22H,3,10-11,13H2,1-2H3. The summed E-state index contributed by atoms with van der Waals surface area (Å²) in [5.74, 6) is 2.42. The van der Waals surface area contributed by atoms with Gasteiger partial charge in [-0.25, -0.2) is 0 Å². The molecule has 1 aliphatic heterocycles. The lowest BCUT2D eigenvalue weighted by Gasteiger charge is -2.10. The number of methoxy groups -OCH3 is 1. The van der Waals surface area contributed by atoms with E-state index in [0.717, 1.165) is 46.2 Å². The highest BCUT2D eigenvalue weighted by atomic mass is 16.5. The minimum absolute atomic E-state index is 0.671. The summed E-state index contributed by atoms with van der Waals surface area (Å²) in [6.07, 6.45) is 2.93. The van der Waals surface area contributed by atoms with Crippen LogP contribution < -0.4 is 19.5 Å². The summed E-state index contributed by atoms with van der Waals surface area (Å²) in [5, 5.41) is 8.10. The molecule has 0 fully saturated rings. The zero-order chi connectivity index (χ0) is 18.6. The summed E-state index contributed by atoms with van der Waals surface area (Å²) < 4.78 is 18.6. The van der Waals surface area contributed by atoms with Crippen LogP contribution in [0, 0.1) is 0 Å². The van der Waals surface area contributed by atoms with E-state index in [4.69, 9.17) is 14.2 Å². The van der Waals surface area contributed by atoms with Gasteiger partial charge in [0.05, 0.1) is 26.0 Å². The topological polar surface area (TPSA) is 57.5 Å². The predicted octanol–water partition coefficient (Wildman–Crippen LogP) is 3.87. The number of nitrogens with one attached hydrogen (secondary N) is 1. The van der Waals surface area contributed by atoms with E-state index in [1.807, 2.05) is 60.4 Å². The third-order valence-corrected chi connectivity index (χ3v) is 4.50. The zero-order valence-electron chi connectivity index (χ0n) is 15.6. The second-order valence-electron chi connectivity index (χ2n) is 6.47. The van der Waals surface area contributed by atoms with Crippen molar-refractivity contribution in [3.8, 4) is 28.5 Å². The van der Waals surface area contributed by atoms with Gasteiger partial charge in [-0.05, 0) is 42.5 Å². The van der Waals surface area contributed by atoms with Gasteiger partial charge in [-0.1, -0.05) is 0 Å². The molecule has 27 heavy (non-hydrogen) atoms. The molecule has 2 aromatic carbocycles. The van der Waals surface area contributed by atoms with Crippen molar-refractivity contribution in [1.29, 1.82) is 0 Å². The number of rotatable bonds is 5. The van der Waals surface area contributed by atoms with E-state index >= 15 is 0 Å². The highest BCUT2D eigenvalue weighted by Gasteiger charge is 2.15. The Kier molecular flexibility index (Phi) is 4.87. The molecule has 1 aromatic heterocycles. The SMILES string of the molecule is COc1ccc(NCc2cn(C)nc2-c2ccc3c(c2)OCCCO3)cc1. The van der Waals surface area contributed by atoms with Crippen LogP contribution in [0.2, 0.25) is 0 Å². The second kappa shape index (κ2) is 7.61. The second-order valence-corrected chi connectivity index (χ2v) is 6.47. The van der Waals surface area contributed by atoms with Crippen molar-refractivity contribution in [2.75, 3.05) is 25.6 Å². The number of hydrogen-bond acceptors (Lipinski definition) is 5. The summed E-state index contributed by atoms with van der Waals surface area (Å²) in [4.78, 5) is 0. The Hall–Kier alpha value is -3.15. The van der Waals surface area contributed by atoms with Crippen LogP contribution in [0.15, 0.2) is 48.7 Å². The van der Waals surface area contributed by atoms with Crippen LogP contribution in [0.3, 0.4) is 0 Å². The lowest BCUT2D eigenvalue weighted by Crippen LogP contribution is -2.00. The number of ether oxygens (including phenoxy) is 3. The van der Waals surface area contributed by atoms with Crippen molar-refractivity contribution in [1.82, 2.24) is 9.78 Å². The number of aryl methyl sites for hydroxylation is 1. The van der Waals surface area contributed by atoms with E-state index in [0.29, 0.717) is 19.8 Å². The number of benzene rings is 2. The summed E-state index contributed by atoms with van der Waals surface area (Å²) in [5.41, 5.74) is 4.10. The van der Waals surface area contributed by atoms with Gasteiger partial charge in [0.2, 0.25) is 0 Å². The molecule has 0 bridgehead atoms. The first-order chi connectivity index (χ1) is 13.2. The summed E-state index contributed by atoms with van der Waals surface area (Å²) in [6.45, 7) is 2.03. The monoisotopic (exact) mass is 365 g/mol. The molecular formula is C21H23N3O3. The molecule has 0 atom stereocenters. The van der Waals surface area contributed by atoms with Crippen molar-refractivity contribution in [3.05, 3.63) is 54.2 Å². The maximum atomic E-state index is 5.82. The van der Waals surface area contributed by atoms with Crippen LogP contribution in [-0.4, -0.2) is 30.1 Å². The number of hydrogen-bond donors (Lipinski definition) is 1. The van der Waals surface area contributed by atoms with E-state index in [9.17, 15) is 0 Å². The van der Waals surface area contributed by atoms with Gasteiger partial charge in [-0.3, -0.25) is 4.68 Å². The number of nitrogens with zero attached hydrogens (tertiary/aromatic N) is 2. The van der Waals surface area contributed by atoms with Crippen molar-refractivity contribution in [2.45, 2.75) is 13.0 Å². The third kappa shape index (κ3) is 3.84. The Bertz CT molecular complexity index is 919. The molecule has 1 N–H and O–H groups in total. The average Bonchev–Trinajstić information content (AvgIpc) is 2.92. The Balaban J connectivity index is 1.56. The first kappa shape index (κ1) is 17.3. The Labute approximate surface area is 158 Å². The Morgan fingerprint density at radius 2 is 1.85 bits per heavy atom. The molecule has 0 radical (unpaired) electrons. The lowest BCUT2D eigenvalue weighted by atomic mass is 10.1. The fourth-order valence-electron chi connectivity index (χ4n) is 3.13. The highest BCUT2D eigenvalue weighted by molar-refractivity contribution is 5.67. The van der Waals surface area contributed by atoms with Gasteiger partial charge in [-0.2, -0.15) is 5.10 Å². The summed E-state index contributed by atoms with van der Waals surface area (Å²) >= 11 is 0. The van der Waals surface area contributed by atoms with Crippen LogP contribution >= 0.6 is 0 Å². The van der Waals surface area contributed by atoms with Crippen LogP contribution in [-0.2, 0) is 13.6 Å². The molecule has 1 aliphatic rings. The van der Waals surface area contributed by atoms with Crippen LogP contribution in [0.1, 0.15) is 12.0 Å². The Morgan fingerprint density at radius 3 is 2.63 bits per heavy atom. The quantitative estimate of drug-likeness (QED) is 0.744. The number of fused-ring (bicyclic) bond motifs is 1. The van der Waals surface area contributed by atoms with E-state index < -0.39 is 0 Å². The minimum Gasteiger partial charge on any atom is -0.497 e. The van der Waals surface area contributed by atoms with Crippen LogP contribution in [0.5, 0.6) is 17.2 Å². The van der Waals surface area contributed by atoms with E-state index in [1.165, 1.54) is 0 Å². The van der Waals surface area contributed by atoms with Gasteiger partial charge in [0.1, 0.15) is 5.75 Å². The highest BCUT2D eigenvalue weighted by Crippen LogP contribution is 2.35. The molecule has 2 heterocycles. The summed E-state index contributed by atoms with van der Waals surface area (Å²) in [7, 11) is 3.60. The van der Waals surface area contributed by atoms with E-state index in [2.05, 4.69) is 10.4 Å². The van der Waals surface area contributed by atoms with Crippen LogP contribution in [0.4, 0.5) is 5.69 Å². The molecule has 0 spiro atoms. The fraction of sp³-hybridized carbons (Fsp3) is 0.286. The van der Waals surface area contributed by atoms with Crippen LogP contribution in [0.25, 0.3) is 11.3 Å². The molecule has 0 aliphatic carbocycles. The van der Waals surface area contributed by atoms with Gasteiger partial charge in [-0.15, -0.1) is 0 Å². The lowest BCUT2D eigenvalue weighted by molar-refractivity contribution is 0.297. The predicted molar refractivity (Wildman–Crippen MR) is 105 cm³/mol. The number of aromatic nitrogens is 2. The molecule has 0 amide bonds. The van der Waals surface area contributed by atoms with Crippen molar-refractivity contribution >= 4 is 5.69 Å². The fourth-order valence-corrected chi connectivity index (χ4v) is 3.13. The van der Waals surface area contributed by atoms with Crippen molar-refractivity contribution in [2.24, 2.45) is 7.05 Å². The average molecular weight is 365 g/mol. The molecule has 0 unspecified atom stereocenters. The first-order valence-corrected chi connectivity index (χ1v) is 9.03. The maximum Gasteiger partial charge on any atom is 0.161 e. The molecule has 6 heteroatoms.